The topological polar surface area (TPSA) is 71.9 Å². The van der Waals surface area contributed by atoms with Gasteiger partial charge in [0.1, 0.15) is 5.69 Å². The molecular weight excluding hydrogens is 474 g/mol. The van der Waals surface area contributed by atoms with E-state index in [-0.39, 0.29) is 23.8 Å². The van der Waals surface area contributed by atoms with Crippen molar-refractivity contribution in [1.82, 2.24) is 14.4 Å². The van der Waals surface area contributed by atoms with Gasteiger partial charge in [0, 0.05) is 48.5 Å². The number of hydrogen-bond acceptors (Lipinski definition) is 5. The first-order chi connectivity index (χ1) is 15.4. The zero-order chi connectivity index (χ0) is 22.8. The fraction of sp³-hybridized carbons (Fsp3) is 0.292. The van der Waals surface area contributed by atoms with Gasteiger partial charge in [-0.25, -0.2) is 4.79 Å². The molecule has 2 aromatic carbocycles. The van der Waals surface area contributed by atoms with Crippen LogP contribution in [-0.4, -0.2) is 59.5 Å². The van der Waals surface area contributed by atoms with Crippen LogP contribution in [0.15, 0.2) is 57.8 Å². The van der Waals surface area contributed by atoms with Crippen molar-refractivity contribution in [2.24, 2.45) is 0 Å². The number of nitrogens with zero attached hydrogens (tertiary/aromatic N) is 3. The van der Waals surface area contributed by atoms with Crippen LogP contribution in [0.5, 0.6) is 0 Å². The summed E-state index contributed by atoms with van der Waals surface area (Å²) in [4.78, 5) is 42.1. The number of rotatable bonds is 4. The molecule has 0 unspecified atom stereocenters. The maximum atomic E-state index is 13.6. The number of ether oxygens (including phenoxy) is 1. The number of carbonyl (C=O) groups excluding carboxylic acids is 2. The van der Waals surface area contributed by atoms with E-state index in [0.29, 0.717) is 42.5 Å². The van der Waals surface area contributed by atoms with Crippen molar-refractivity contribution in [2.75, 3.05) is 33.3 Å². The molecule has 0 saturated carbocycles. The standard InChI is InChI=1S/C24H24BrN3O4/c1-16(29)27-12-10-26(11-13-27)15-28-22(24(31)32-2)21(17-6-4-3-5-7-17)20-14-18(25)8-9-19(20)23(28)30/h3-9,14H,10-13,15H2,1-2H3. The Morgan fingerprint density at radius 1 is 1.00 bits per heavy atom. The number of halogens is 1. The van der Waals surface area contributed by atoms with Crippen molar-refractivity contribution in [1.29, 1.82) is 0 Å². The Morgan fingerprint density at radius 3 is 2.31 bits per heavy atom. The molecule has 1 aromatic heterocycles. The molecule has 1 saturated heterocycles. The van der Waals surface area contributed by atoms with Crippen LogP contribution >= 0.6 is 15.9 Å². The van der Waals surface area contributed by atoms with Gasteiger partial charge in [0.25, 0.3) is 5.56 Å². The fourth-order valence-electron chi connectivity index (χ4n) is 4.16. The van der Waals surface area contributed by atoms with Crippen LogP contribution in [0.4, 0.5) is 0 Å². The highest BCUT2D eigenvalue weighted by molar-refractivity contribution is 9.10. The van der Waals surface area contributed by atoms with Gasteiger partial charge in [-0.15, -0.1) is 0 Å². The summed E-state index contributed by atoms with van der Waals surface area (Å²) in [6.45, 7) is 4.20. The number of benzene rings is 2. The Kier molecular flexibility index (Phi) is 6.43. The summed E-state index contributed by atoms with van der Waals surface area (Å²) in [7, 11) is 1.32. The second-order valence-electron chi connectivity index (χ2n) is 7.77. The van der Waals surface area contributed by atoms with Crippen molar-refractivity contribution in [2.45, 2.75) is 13.6 Å². The van der Waals surface area contributed by atoms with Crippen LogP contribution < -0.4 is 5.56 Å². The van der Waals surface area contributed by atoms with E-state index in [2.05, 4.69) is 20.8 Å². The minimum atomic E-state index is -0.565. The Hall–Kier alpha value is -2.97. The number of pyridine rings is 1. The van der Waals surface area contributed by atoms with Crippen molar-refractivity contribution >= 4 is 38.6 Å². The summed E-state index contributed by atoms with van der Waals surface area (Å²) in [5.41, 5.74) is 1.46. The van der Waals surface area contributed by atoms with E-state index in [4.69, 9.17) is 4.74 Å². The zero-order valence-electron chi connectivity index (χ0n) is 18.0. The smallest absolute Gasteiger partial charge is 0.355 e. The van der Waals surface area contributed by atoms with Gasteiger partial charge in [0.05, 0.1) is 13.8 Å². The average molecular weight is 498 g/mol. The number of carbonyl (C=O) groups is 2. The van der Waals surface area contributed by atoms with Crippen molar-refractivity contribution in [3.63, 3.8) is 0 Å². The van der Waals surface area contributed by atoms with Gasteiger partial charge in [-0.2, -0.15) is 0 Å². The summed E-state index contributed by atoms with van der Waals surface area (Å²) < 4.78 is 7.45. The average Bonchev–Trinajstić information content (AvgIpc) is 2.80. The molecule has 8 heteroatoms. The molecule has 2 heterocycles. The third-order valence-corrected chi connectivity index (χ3v) is 6.33. The van der Waals surface area contributed by atoms with Crippen LogP contribution in [-0.2, 0) is 16.2 Å². The van der Waals surface area contributed by atoms with Crippen LogP contribution in [0.1, 0.15) is 17.4 Å². The molecule has 0 N–H and O–H groups in total. The highest BCUT2D eigenvalue weighted by atomic mass is 79.9. The quantitative estimate of drug-likeness (QED) is 0.517. The van der Waals surface area contributed by atoms with Crippen molar-refractivity contribution in [3.8, 4) is 11.1 Å². The molecule has 0 spiro atoms. The monoisotopic (exact) mass is 497 g/mol. The minimum absolute atomic E-state index is 0.0414. The number of amides is 1. The maximum Gasteiger partial charge on any atom is 0.355 e. The van der Waals surface area contributed by atoms with E-state index in [1.54, 1.807) is 17.9 Å². The Labute approximate surface area is 194 Å². The lowest BCUT2D eigenvalue weighted by atomic mass is 9.96. The van der Waals surface area contributed by atoms with Gasteiger partial charge < -0.3 is 9.64 Å². The molecule has 0 aliphatic carbocycles. The largest absolute Gasteiger partial charge is 0.464 e. The van der Waals surface area contributed by atoms with E-state index in [1.807, 2.05) is 42.5 Å². The third kappa shape index (κ3) is 4.20. The summed E-state index contributed by atoms with van der Waals surface area (Å²) >= 11 is 3.49. The predicted octanol–water partition coefficient (Wildman–Crippen LogP) is 3.34. The molecule has 3 aromatic rings. The van der Waals surface area contributed by atoms with E-state index in [0.717, 1.165) is 10.0 Å². The molecule has 1 aliphatic heterocycles. The molecule has 1 amide bonds. The summed E-state index contributed by atoms with van der Waals surface area (Å²) in [6.07, 6.45) is 0. The first kappa shape index (κ1) is 22.2. The van der Waals surface area contributed by atoms with Gasteiger partial charge >= 0.3 is 5.97 Å². The van der Waals surface area contributed by atoms with Crippen LogP contribution in [0.3, 0.4) is 0 Å². The van der Waals surface area contributed by atoms with Crippen LogP contribution in [0, 0.1) is 0 Å². The summed E-state index contributed by atoms with van der Waals surface area (Å²) in [5.74, 6) is -0.523. The van der Waals surface area contributed by atoms with E-state index >= 15 is 0 Å². The van der Waals surface area contributed by atoms with Crippen molar-refractivity contribution in [3.05, 3.63) is 69.1 Å². The van der Waals surface area contributed by atoms with Gasteiger partial charge in [0.15, 0.2) is 0 Å². The van der Waals surface area contributed by atoms with Gasteiger partial charge in [0.2, 0.25) is 5.91 Å². The van der Waals surface area contributed by atoms with E-state index in [9.17, 15) is 14.4 Å². The molecular formula is C24H24BrN3O4. The molecule has 0 atom stereocenters. The lowest BCUT2D eigenvalue weighted by Gasteiger charge is -2.35. The molecule has 0 radical (unpaired) electrons. The lowest BCUT2D eigenvalue weighted by molar-refractivity contribution is -0.130. The third-order valence-electron chi connectivity index (χ3n) is 5.83. The van der Waals surface area contributed by atoms with E-state index in [1.165, 1.54) is 11.7 Å². The second kappa shape index (κ2) is 9.26. The number of hydrogen-bond donors (Lipinski definition) is 0. The molecule has 4 rings (SSSR count). The SMILES string of the molecule is COC(=O)c1c(-c2ccccc2)c2cc(Br)ccc2c(=O)n1CN1CCN(C(C)=O)CC1. The van der Waals surface area contributed by atoms with Gasteiger partial charge in [-0.3, -0.25) is 19.1 Å². The molecule has 32 heavy (non-hydrogen) atoms. The number of aromatic nitrogens is 1. The fourth-order valence-corrected chi connectivity index (χ4v) is 4.53. The molecule has 166 valence electrons. The molecule has 0 bridgehead atoms. The number of piperazine rings is 1. The Morgan fingerprint density at radius 2 is 1.69 bits per heavy atom. The molecule has 7 nitrogen and oxygen atoms in total. The normalized spacial score (nSPS) is 14.5. The van der Waals surface area contributed by atoms with Gasteiger partial charge in [-0.05, 0) is 29.1 Å². The van der Waals surface area contributed by atoms with Crippen LogP contribution in [0.2, 0.25) is 0 Å². The minimum Gasteiger partial charge on any atom is -0.464 e. The lowest BCUT2D eigenvalue weighted by Crippen LogP contribution is -2.49. The first-order valence-corrected chi connectivity index (χ1v) is 11.2. The second-order valence-corrected chi connectivity index (χ2v) is 8.69. The Bertz CT molecular complexity index is 1230. The summed E-state index contributed by atoms with van der Waals surface area (Å²) in [5, 5.41) is 1.22. The van der Waals surface area contributed by atoms with Crippen molar-refractivity contribution < 1.29 is 14.3 Å². The number of esters is 1. The highest BCUT2D eigenvalue weighted by Gasteiger charge is 2.26. The highest BCUT2D eigenvalue weighted by Crippen LogP contribution is 2.33. The Balaban J connectivity index is 1.91. The first-order valence-electron chi connectivity index (χ1n) is 10.4. The molecule has 1 aliphatic rings. The van der Waals surface area contributed by atoms with Crippen LogP contribution in [0.25, 0.3) is 21.9 Å². The number of methoxy groups -OCH3 is 1. The molecule has 1 fully saturated rings. The van der Waals surface area contributed by atoms with Gasteiger partial charge in [-0.1, -0.05) is 46.3 Å². The number of fused-ring (bicyclic) bond motifs is 1. The summed E-state index contributed by atoms with van der Waals surface area (Å²) in [6, 6.07) is 15.0. The maximum absolute atomic E-state index is 13.6. The van der Waals surface area contributed by atoms with E-state index < -0.39 is 5.97 Å². The zero-order valence-corrected chi connectivity index (χ0v) is 19.6. The predicted molar refractivity (Wildman–Crippen MR) is 127 cm³/mol.